The van der Waals surface area contributed by atoms with Gasteiger partial charge in [0, 0.05) is 22.7 Å². The third-order valence-electron chi connectivity index (χ3n) is 5.26. The van der Waals surface area contributed by atoms with Gasteiger partial charge in [0.1, 0.15) is 5.60 Å². The highest BCUT2D eigenvalue weighted by molar-refractivity contribution is 6.30. The Hall–Kier alpha value is -2.58. The van der Waals surface area contributed by atoms with Crippen molar-refractivity contribution in [1.29, 1.82) is 0 Å². The lowest BCUT2D eigenvalue weighted by Crippen LogP contribution is -2.49. The molecule has 0 spiro atoms. The minimum absolute atomic E-state index is 0.0663. The number of amides is 2. The van der Waals surface area contributed by atoms with Crippen LogP contribution in [0.4, 0.5) is 18.9 Å². The maximum atomic E-state index is 12.8. The quantitative estimate of drug-likeness (QED) is 0.810. The molecule has 2 aromatic rings. The Labute approximate surface area is 169 Å². The van der Waals surface area contributed by atoms with Gasteiger partial charge >= 0.3 is 12.1 Å². The first-order chi connectivity index (χ1) is 13.7. The SMILES string of the molecule is O=C(Nc1ccc([C@]23C[C@H](CO2)N(C(=O)C(F)(F)F)C3)cc1)c1ccc(Cl)cc1. The van der Waals surface area contributed by atoms with E-state index < -0.39 is 23.7 Å². The van der Waals surface area contributed by atoms with Crippen molar-refractivity contribution in [3.8, 4) is 0 Å². The van der Waals surface area contributed by atoms with Crippen molar-refractivity contribution < 1.29 is 27.5 Å². The highest BCUT2D eigenvalue weighted by atomic mass is 35.5. The maximum Gasteiger partial charge on any atom is 0.471 e. The van der Waals surface area contributed by atoms with Gasteiger partial charge in [-0.3, -0.25) is 9.59 Å². The largest absolute Gasteiger partial charge is 0.471 e. The molecule has 2 aliphatic heterocycles. The molecule has 9 heteroatoms. The van der Waals surface area contributed by atoms with Gasteiger partial charge in [-0.25, -0.2) is 0 Å². The van der Waals surface area contributed by atoms with Gasteiger partial charge in [-0.2, -0.15) is 13.2 Å². The molecule has 5 nitrogen and oxygen atoms in total. The average Bonchev–Trinajstić information content (AvgIpc) is 3.27. The highest BCUT2D eigenvalue weighted by Crippen LogP contribution is 2.46. The van der Waals surface area contributed by atoms with E-state index in [1.54, 1.807) is 48.5 Å². The van der Waals surface area contributed by atoms with Gasteiger partial charge in [0.2, 0.25) is 0 Å². The molecule has 2 saturated heterocycles. The van der Waals surface area contributed by atoms with Crippen LogP contribution in [-0.2, 0) is 15.1 Å². The van der Waals surface area contributed by atoms with E-state index in [1.165, 1.54) is 0 Å². The van der Waals surface area contributed by atoms with Gasteiger partial charge in [0.25, 0.3) is 5.91 Å². The van der Waals surface area contributed by atoms with Crippen molar-refractivity contribution in [1.82, 2.24) is 4.90 Å². The van der Waals surface area contributed by atoms with E-state index in [0.717, 1.165) is 4.90 Å². The first kappa shape index (κ1) is 19.7. The number of nitrogens with zero attached hydrogens (tertiary/aromatic N) is 1. The van der Waals surface area contributed by atoms with Crippen LogP contribution in [0.2, 0.25) is 5.02 Å². The molecule has 0 saturated carbocycles. The molecule has 0 aliphatic carbocycles. The fraction of sp³-hybridized carbons (Fsp3) is 0.300. The lowest BCUT2D eigenvalue weighted by molar-refractivity contribution is -0.191. The fourth-order valence-electron chi connectivity index (χ4n) is 3.82. The van der Waals surface area contributed by atoms with E-state index >= 15 is 0 Å². The van der Waals surface area contributed by atoms with Crippen LogP contribution >= 0.6 is 11.6 Å². The van der Waals surface area contributed by atoms with Crippen LogP contribution in [0.5, 0.6) is 0 Å². The molecule has 2 fully saturated rings. The molecular formula is C20H16ClF3N2O3. The number of rotatable bonds is 3. The van der Waals surface area contributed by atoms with Gasteiger partial charge in [0.15, 0.2) is 0 Å². The number of alkyl halides is 3. The second-order valence-corrected chi connectivity index (χ2v) is 7.57. The number of fused-ring (bicyclic) bond motifs is 2. The Bertz CT molecular complexity index is 947. The summed E-state index contributed by atoms with van der Waals surface area (Å²) >= 11 is 5.81. The van der Waals surface area contributed by atoms with E-state index in [2.05, 4.69) is 5.32 Å². The third-order valence-corrected chi connectivity index (χ3v) is 5.51. The van der Waals surface area contributed by atoms with E-state index in [4.69, 9.17) is 16.3 Å². The molecule has 4 rings (SSSR count). The molecule has 0 radical (unpaired) electrons. The Morgan fingerprint density at radius 1 is 1.10 bits per heavy atom. The summed E-state index contributed by atoms with van der Waals surface area (Å²) in [5, 5.41) is 3.27. The molecule has 2 heterocycles. The second-order valence-electron chi connectivity index (χ2n) is 7.13. The van der Waals surface area contributed by atoms with Crippen molar-refractivity contribution in [3.05, 3.63) is 64.7 Å². The predicted octanol–water partition coefficient (Wildman–Crippen LogP) is 3.98. The topological polar surface area (TPSA) is 58.6 Å². The number of benzene rings is 2. The van der Waals surface area contributed by atoms with Gasteiger partial charge in [0.05, 0.1) is 19.2 Å². The summed E-state index contributed by atoms with van der Waals surface area (Å²) in [5.74, 6) is -2.15. The van der Waals surface area contributed by atoms with Crippen LogP contribution < -0.4 is 5.32 Å². The molecule has 2 amide bonds. The summed E-state index contributed by atoms with van der Waals surface area (Å²) in [4.78, 5) is 24.8. The Kier molecular flexibility index (Phi) is 4.78. The highest BCUT2D eigenvalue weighted by Gasteiger charge is 2.57. The van der Waals surface area contributed by atoms with Gasteiger partial charge in [-0.15, -0.1) is 0 Å². The standard InChI is InChI=1S/C20H16ClF3N2O3/c21-14-5-1-12(2-6-14)17(27)25-15-7-3-13(4-8-15)19-9-16(10-29-19)26(11-19)18(28)20(22,23)24/h1-8,16H,9-11H2,(H,25,27)/t16-,19-/m1/s1. The molecule has 29 heavy (non-hydrogen) atoms. The van der Waals surface area contributed by atoms with Crippen LogP contribution in [0.15, 0.2) is 48.5 Å². The van der Waals surface area contributed by atoms with Crippen molar-refractivity contribution >= 4 is 29.1 Å². The minimum Gasteiger partial charge on any atom is -0.366 e. The number of morpholine rings is 1. The van der Waals surface area contributed by atoms with Gasteiger partial charge < -0.3 is 15.0 Å². The summed E-state index contributed by atoms with van der Waals surface area (Å²) in [6.45, 7) is -0.0800. The molecule has 0 aromatic heterocycles. The van der Waals surface area contributed by atoms with Crippen molar-refractivity contribution in [2.75, 3.05) is 18.5 Å². The number of carbonyl (C=O) groups is 2. The summed E-state index contributed by atoms with van der Waals surface area (Å²) in [6, 6.07) is 12.5. The summed E-state index contributed by atoms with van der Waals surface area (Å²) in [7, 11) is 0. The fourth-order valence-corrected chi connectivity index (χ4v) is 3.95. The number of ether oxygens (including phenoxy) is 1. The van der Waals surface area contributed by atoms with Gasteiger partial charge in [-0.1, -0.05) is 23.7 Å². The number of nitrogens with one attached hydrogen (secondary N) is 1. The van der Waals surface area contributed by atoms with Crippen LogP contribution in [-0.4, -0.2) is 42.1 Å². The molecule has 2 aliphatic rings. The molecule has 2 atom stereocenters. The molecule has 1 N–H and O–H groups in total. The van der Waals surface area contributed by atoms with Crippen molar-refractivity contribution in [3.63, 3.8) is 0 Å². The second kappa shape index (κ2) is 7.03. The number of halogens is 4. The first-order valence-corrected chi connectivity index (χ1v) is 9.25. The number of hydrogen-bond donors (Lipinski definition) is 1. The normalized spacial score (nSPS) is 23.3. The first-order valence-electron chi connectivity index (χ1n) is 8.87. The Morgan fingerprint density at radius 3 is 2.38 bits per heavy atom. The number of hydrogen-bond acceptors (Lipinski definition) is 3. The van der Waals surface area contributed by atoms with Crippen molar-refractivity contribution in [2.45, 2.75) is 24.2 Å². The van der Waals surface area contributed by atoms with E-state index in [0.29, 0.717) is 28.3 Å². The van der Waals surface area contributed by atoms with Crippen LogP contribution in [0.1, 0.15) is 22.3 Å². The molecular weight excluding hydrogens is 409 g/mol. The predicted molar refractivity (Wildman–Crippen MR) is 99.7 cm³/mol. The van der Waals surface area contributed by atoms with Gasteiger partial charge in [-0.05, 0) is 42.0 Å². The number of likely N-dealkylation sites (tertiary alicyclic amines) is 1. The Morgan fingerprint density at radius 2 is 1.76 bits per heavy atom. The minimum atomic E-state index is -4.90. The van der Waals surface area contributed by atoms with Crippen LogP contribution in [0.25, 0.3) is 0 Å². The number of anilines is 1. The maximum absolute atomic E-state index is 12.8. The summed E-state index contributed by atoms with van der Waals surface area (Å²) < 4.78 is 44.2. The third kappa shape index (κ3) is 3.70. The molecule has 2 aromatic carbocycles. The molecule has 0 unspecified atom stereocenters. The van der Waals surface area contributed by atoms with Crippen LogP contribution in [0, 0.1) is 0 Å². The lowest BCUT2D eigenvalue weighted by atomic mass is 9.93. The summed E-state index contributed by atoms with van der Waals surface area (Å²) in [6.07, 6.45) is -4.59. The van der Waals surface area contributed by atoms with Crippen LogP contribution in [0.3, 0.4) is 0 Å². The number of carbonyl (C=O) groups excluding carboxylic acids is 2. The van der Waals surface area contributed by atoms with Crippen molar-refractivity contribution in [2.24, 2.45) is 0 Å². The lowest BCUT2D eigenvalue weighted by Gasteiger charge is -2.33. The van der Waals surface area contributed by atoms with E-state index in [-0.39, 0.29) is 19.1 Å². The Balaban J connectivity index is 1.47. The zero-order valence-corrected chi connectivity index (χ0v) is 15.8. The monoisotopic (exact) mass is 424 g/mol. The zero-order chi connectivity index (χ0) is 20.8. The van der Waals surface area contributed by atoms with E-state index in [1.807, 2.05) is 0 Å². The molecule has 2 bridgehead atoms. The zero-order valence-electron chi connectivity index (χ0n) is 15.0. The average molecular weight is 425 g/mol. The smallest absolute Gasteiger partial charge is 0.366 e. The van der Waals surface area contributed by atoms with E-state index in [9.17, 15) is 22.8 Å². The summed E-state index contributed by atoms with van der Waals surface area (Å²) in [5.41, 5.74) is 0.684. The molecule has 152 valence electrons.